The van der Waals surface area contributed by atoms with Gasteiger partial charge in [-0.05, 0) is 6.92 Å². The number of ether oxygens (including phenoxy) is 2. The van der Waals surface area contributed by atoms with E-state index in [1.54, 1.807) is 6.92 Å². The second-order valence-corrected chi connectivity index (χ2v) is 2.92. The van der Waals surface area contributed by atoms with Crippen LogP contribution in [0.4, 0.5) is 0 Å². The van der Waals surface area contributed by atoms with Gasteiger partial charge in [0, 0.05) is 13.0 Å². The molecule has 0 amide bonds. The number of esters is 1. The first-order valence-corrected chi connectivity index (χ1v) is 4.70. The van der Waals surface area contributed by atoms with Gasteiger partial charge in [0.05, 0.1) is 13.7 Å². The second-order valence-electron chi connectivity index (χ2n) is 2.92. The van der Waals surface area contributed by atoms with Crippen molar-refractivity contribution in [2.45, 2.75) is 13.8 Å². The van der Waals surface area contributed by atoms with Crippen molar-refractivity contribution in [1.29, 1.82) is 0 Å². The van der Waals surface area contributed by atoms with Crippen LogP contribution in [0.2, 0.25) is 0 Å². The van der Waals surface area contributed by atoms with Gasteiger partial charge in [-0.1, -0.05) is 0 Å². The molecule has 0 fully saturated rings. The van der Waals surface area contributed by atoms with Crippen LogP contribution in [0.25, 0.3) is 0 Å². The highest BCUT2D eigenvalue weighted by Gasteiger charge is 2.16. The van der Waals surface area contributed by atoms with E-state index in [0.717, 1.165) is 0 Å². The number of ketones is 1. The molecule has 0 saturated heterocycles. The van der Waals surface area contributed by atoms with E-state index in [1.165, 1.54) is 20.1 Å². The number of carbonyl (C=O) groups excluding carboxylic acids is 2. The molecule has 1 aromatic heterocycles. The SMILES string of the molecule is CCOc1cc(C(=O)OC)nnc1C(C)=O. The molecule has 6 heteroatoms. The van der Waals surface area contributed by atoms with Crippen molar-refractivity contribution in [3.63, 3.8) is 0 Å². The van der Waals surface area contributed by atoms with Crippen molar-refractivity contribution in [2.75, 3.05) is 13.7 Å². The number of hydrogen-bond donors (Lipinski definition) is 0. The number of Topliss-reactive ketones (excluding diaryl/α,β-unsaturated/α-hetero) is 1. The monoisotopic (exact) mass is 224 g/mol. The van der Waals surface area contributed by atoms with Crippen LogP contribution >= 0.6 is 0 Å². The van der Waals surface area contributed by atoms with E-state index < -0.39 is 5.97 Å². The summed E-state index contributed by atoms with van der Waals surface area (Å²) in [5, 5.41) is 7.23. The summed E-state index contributed by atoms with van der Waals surface area (Å²) in [7, 11) is 1.24. The molecule has 1 rings (SSSR count). The average molecular weight is 224 g/mol. The lowest BCUT2D eigenvalue weighted by Gasteiger charge is -2.07. The first kappa shape index (κ1) is 12.1. The van der Waals surface area contributed by atoms with Gasteiger partial charge in [0.25, 0.3) is 0 Å². The Balaban J connectivity index is 3.16. The number of rotatable bonds is 4. The van der Waals surface area contributed by atoms with Crippen LogP contribution in [0, 0.1) is 0 Å². The van der Waals surface area contributed by atoms with Gasteiger partial charge < -0.3 is 9.47 Å². The van der Waals surface area contributed by atoms with Crippen molar-refractivity contribution >= 4 is 11.8 Å². The van der Waals surface area contributed by atoms with Gasteiger partial charge in [-0.25, -0.2) is 4.79 Å². The Morgan fingerprint density at radius 2 is 2.06 bits per heavy atom. The Morgan fingerprint density at radius 1 is 1.38 bits per heavy atom. The summed E-state index contributed by atoms with van der Waals surface area (Å²) < 4.78 is 9.69. The van der Waals surface area contributed by atoms with Crippen molar-refractivity contribution in [3.8, 4) is 5.75 Å². The van der Waals surface area contributed by atoms with Gasteiger partial charge in [-0.3, -0.25) is 4.79 Å². The van der Waals surface area contributed by atoms with E-state index in [-0.39, 0.29) is 22.9 Å². The maximum atomic E-state index is 11.2. The Bertz CT molecular complexity index is 417. The number of aromatic nitrogens is 2. The van der Waals surface area contributed by atoms with E-state index in [1.807, 2.05) is 0 Å². The highest BCUT2D eigenvalue weighted by atomic mass is 16.5. The predicted octanol–water partition coefficient (Wildman–Crippen LogP) is 0.865. The summed E-state index contributed by atoms with van der Waals surface area (Å²) in [6.45, 7) is 3.49. The zero-order valence-electron chi connectivity index (χ0n) is 9.31. The van der Waals surface area contributed by atoms with E-state index in [0.29, 0.717) is 6.61 Å². The third kappa shape index (κ3) is 2.53. The molecule has 0 spiro atoms. The summed E-state index contributed by atoms with van der Waals surface area (Å²) in [5.41, 5.74) is 0.116. The van der Waals surface area contributed by atoms with Gasteiger partial charge in [-0.2, -0.15) is 0 Å². The predicted molar refractivity (Wildman–Crippen MR) is 54.5 cm³/mol. The Morgan fingerprint density at radius 3 is 2.56 bits per heavy atom. The Hall–Kier alpha value is -1.98. The summed E-state index contributed by atoms with van der Waals surface area (Å²) >= 11 is 0. The molecule has 0 radical (unpaired) electrons. The highest BCUT2D eigenvalue weighted by Crippen LogP contribution is 2.17. The quantitative estimate of drug-likeness (QED) is 0.557. The smallest absolute Gasteiger partial charge is 0.358 e. The molecule has 1 aromatic rings. The van der Waals surface area contributed by atoms with Gasteiger partial charge in [0.1, 0.15) is 0 Å². The minimum atomic E-state index is -0.622. The van der Waals surface area contributed by atoms with Crippen LogP contribution in [0.1, 0.15) is 34.8 Å². The first-order valence-electron chi connectivity index (χ1n) is 4.70. The van der Waals surface area contributed by atoms with Crippen LogP contribution in [0.15, 0.2) is 6.07 Å². The lowest BCUT2D eigenvalue weighted by atomic mass is 10.2. The van der Waals surface area contributed by atoms with E-state index in [9.17, 15) is 9.59 Å². The van der Waals surface area contributed by atoms with Crippen molar-refractivity contribution in [3.05, 3.63) is 17.5 Å². The number of hydrogen-bond acceptors (Lipinski definition) is 6. The van der Waals surface area contributed by atoms with Crippen LogP contribution in [-0.2, 0) is 4.74 Å². The third-order valence-corrected chi connectivity index (χ3v) is 1.79. The van der Waals surface area contributed by atoms with Gasteiger partial charge in [-0.15, -0.1) is 10.2 Å². The summed E-state index contributed by atoms with van der Waals surface area (Å²) in [4.78, 5) is 22.4. The molecule has 0 atom stereocenters. The molecule has 0 aliphatic carbocycles. The molecule has 0 N–H and O–H groups in total. The van der Waals surface area contributed by atoms with Crippen molar-refractivity contribution in [2.24, 2.45) is 0 Å². The Labute approximate surface area is 92.6 Å². The zero-order valence-corrected chi connectivity index (χ0v) is 9.31. The largest absolute Gasteiger partial charge is 0.491 e. The molecule has 0 unspecified atom stereocenters. The maximum absolute atomic E-state index is 11.2. The molecule has 0 aliphatic heterocycles. The fourth-order valence-electron chi connectivity index (χ4n) is 1.09. The minimum Gasteiger partial charge on any atom is -0.491 e. The van der Waals surface area contributed by atoms with Crippen molar-refractivity contribution in [1.82, 2.24) is 10.2 Å². The van der Waals surface area contributed by atoms with E-state index >= 15 is 0 Å². The van der Waals surface area contributed by atoms with E-state index in [4.69, 9.17) is 4.74 Å². The zero-order chi connectivity index (χ0) is 12.1. The van der Waals surface area contributed by atoms with Gasteiger partial charge in [0.2, 0.25) is 0 Å². The molecule has 0 aliphatic rings. The maximum Gasteiger partial charge on any atom is 0.358 e. The van der Waals surface area contributed by atoms with Gasteiger partial charge in [0.15, 0.2) is 22.9 Å². The van der Waals surface area contributed by atoms with Crippen molar-refractivity contribution < 1.29 is 19.1 Å². The molecule has 0 bridgehead atoms. The first-order chi connectivity index (χ1) is 7.60. The molecule has 86 valence electrons. The summed E-state index contributed by atoms with van der Waals surface area (Å²) in [5.74, 6) is -0.652. The molecule has 16 heavy (non-hydrogen) atoms. The normalized spacial score (nSPS) is 9.69. The molecular formula is C10H12N2O4. The second kappa shape index (κ2) is 5.20. The van der Waals surface area contributed by atoms with Crippen LogP contribution in [0.3, 0.4) is 0 Å². The highest BCUT2D eigenvalue weighted by molar-refractivity contribution is 5.95. The van der Waals surface area contributed by atoms with Crippen LogP contribution < -0.4 is 4.74 Å². The van der Waals surface area contributed by atoms with Crippen LogP contribution in [0.5, 0.6) is 5.75 Å². The minimum absolute atomic E-state index is 0.0101. The Kier molecular flexibility index (Phi) is 3.93. The van der Waals surface area contributed by atoms with Gasteiger partial charge >= 0.3 is 5.97 Å². The molecule has 1 heterocycles. The standard InChI is InChI=1S/C10H12N2O4/c1-4-16-8-5-7(10(14)15-3)11-12-9(8)6(2)13/h5H,4H2,1-3H3. The molecular weight excluding hydrogens is 212 g/mol. The summed E-state index contributed by atoms with van der Waals surface area (Å²) in [6, 6.07) is 1.35. The van der Waals surface area contributed by atoms with E-state index in [2.05, 4.69) is 14.9 Å². The third-order valence-electron chi connectivity index (χ3n) is 1.79. The molecule has 6 nitrogen and oxygen atoms in total. The molecule has 0 saturated carbocycles. The number of nitrogens with zero attached hydrogens (tertiary/aromatic N) is 2. The lowest BCUT2D eigenvalue weighted by Crippen LogP contribution is -2.11. The average Bonchev–Trinajstić information content (AvgIpc) is 2.28. The lowest BCUT2D eigenvalue weighted by molar-refractivity contribution is 0.0591. The number of carbonyl (C=O) groups is 2. The fourth-order valence-corrected chi connectivity index (χ4v) is 1.09. The molecule has 0 aromatic carbocycles. The summed E-state index contributed by atoms with van der Waals surface area (Å²) in [6.07, 6.45) is 0. The number of methoxy groups -OCH3 is 1. The topological polar surface area (TPSA) is 78.4 Å². The fraction of sp³-hybridized carbons (Fsp3) is 0.400. The van der Waals surface area contributed by atoms with Crippen LogP contribution in [-0.4, -0.2) is 35.7 Å².